The molecule has 2 aliphatic heterocycles. The van der Waals surface area contributed by atoms with E-state index in [1.54, 1.807) is 0 Å². The minimum Gasteiger partial charge on any atom is -0.454 e. The van der Waals surface area contributed by atoms with Crippen LogP contribution in [0.15, 0.2) is 42.5 Å². The summed E-state index contributed by atoms with van der Waals surface area (Å²) in [5.74, 6) is 1.33. The molecule has 0 aromatic heterocycles. The summed E-state index contributed by atoms with van der Waals surface area (Å²) < 4.78 is 24.2. The molecule has 6 nitrogen and oxygen atoms in total. The largest absolute Gasteiger partial charge is 0.454 e. The van der Waals surface area contributed by atoms with E-state index < -0.39 is 0 Å². The molecule has 2 heterocycles. The lowest BCUT2D eigenvalue weighted by Crippen LogP contribution is -2.49. The van der Waals surface area contributed by atoms with Gasteiger partial charge in [0.05, 0.1) is 6.04 Å². The molecule has 0 aliphatic carbocycles. The number of anilines is 1. The molecule has 0 saturated carbocycles. The van der Waals surface area contributed by atoms with Crippen molar-refractivity contribution >= 4 is 11.6 Å². The summed E-state index contributed by atoms with van der Waals surface area (Å²) in [7, 11) is 0. The zero-order chi connectivity index (χ0) is 20.2. The van der Waals surface area contributed by atoms with Crippen molar-refractivity contribution in [3.05, 3.63) is 53.8 Å². The smallest absolute Gasteiger partial charge is 0.231 e. The van der Waals surface area contributed by atoms with Gasteiger partial charge < -0.3 is 19.7 Å². The van der Waals surface area contributed by atoms with Crippen LogP contribution >= 0.6 is 0 Å². The van der Waals surface area contributed by atoms with Crippen LogP contribution in [0.4, 0.5) is 10.1 Å². The zero-order valence-corrected chi connectivity index (χ0v) is 16.6. The van der Waals surface area contributed by atoms with Crippen LogP contribution in [0.2, 0.25) is 0 Å². The van der Waals surface area contributed by atoms with Crippen molar-refractivity contribution in [2.75, 3.05) is 44.4 Å². The third-order valence-electron chi connectivity index (χ3n) is 5.54. The van der Waals surface area contributed by atoms with Gasteiger partial charge in [0.15, 0.2) is 11.5 Å². The normalized spacial score (nSPS) is 17.2. The third kappa shape index (κ3) is 4.45. The van der Waals surface area contributed by atoms with Gasteiger partial charge in [0, 0.05) is 44.8 Å². The van der Waals surface area contributed by atoms with Crippen molar-refractivity contribution in [2.24, 2.45) is 0 Å². The van der Waals surface area contributed by atoms with Crippen LogP contribution in [0.5, 0.6) is 11.5 Å². The predicted molar refractivity (Wildman–Crippen MR) is 109 cm³/mol. The van der Waals surface area contributed by atoms with Crippen molar-refractivity contribution in [1.82, 2.24) is 10.2 Å². The maximum absolute atomic E-state index is 13.2. The monoisotopic (exact) mass is 399 g/mol. The summed E-state index contributed by atoms with van der Waals surface area (Å²) in [6, 6.07) is 12.7. The molecule has 0 bridgehead atoms. The van der Waals surface area contributed by atoms with Crippen LogP contribution in [0.1, 0.15) is 24.9 Å². The molecule has 29 heavy (non-hydrogen) atoms. The summed E-state index contributed by atoms with van der Waals surface area (Å²) in [5.41, 5.74) is 2.13. The highest BCUT2D eigenvalue weighted by Gasteiger charge is 2.27. The van der Waals surface area contributed by atoms with Crippen molar-refractivity contribution < 1.29 is 18.7 Å². The molecule has 1 fully saturated rings. The van der Waals surface area contributed by atoms with Crippen LogP contribution < -0.4 is 19.7 Å². The molecule has 1 amide bonds. The van der Waals surface area contributed by atoms with Crippen molar-refractivity contribution in [2.45, 2.75) is 19.4 Å². The Labute approximate surface area is 170 Å². The van der Waals surface area contributed by atoms with Crippen molar-refractivity contribution in [3.8, 4) is 11.5 Å². The average molecular weight is 399 g/mol. The van der Waals surface area contributed by atoms with Crippen molar-refractivity contribution in [1.29, 1.82) is 0 Å². The number of rotatable bonds is 6. The molecular formula is C22H26FN3O3. The molecular weight excluding hydrogens is 373 g/mol. The minimum atomic E-state index is -0.220. The van der Waals surface area contributed by atoms with Gasteiger partial charge in [0.1, 0.15) is 5.82 Å². The van der Waals surface area contributed by atoms with Gasteiger partial charge in [0.25, 0.3) is 0 Å². The Morgan fingerprint density at radius 2 is 1.79 bits per heavy atom. The van der Waals surface area contributed by atoms with E-state index in [1.165, 1.54) is 12.1 Å². The van der Waals surface area contributed by atoms with Gasteiger partial charge in [-0.25, -0.2) is 4.39 Å². The number of ether oxygens (including phenoxy) is 2. The number of hydrogen-bond acceptors (Lipinski definition) is 5. The molecule has 154 valence electrons. The Kier molecular flexibility index (Phi) is 5.85. The molecule has 7 heteroatoms. The molecule has 0 unspecified atom stereocenters. The molecule has 1 atom stereocenters. The molecule has 0 spiro atoms. The summed E-state index contributed by atoms with van der Waals surface area (Å²) in [6.07, 6.45) is 0.464. The van der Waals surface area contributed by atoms with E-state index in [0.29, 0.717) is 13.0 Å². The molecule has 4 rings (SSSR count). The fourth-order valence-corrected chi connectivity index (χ4v) is 3.86. The number of fused-ring (bicyclic) bond motifs is 1. The first-order valence-electron chi connectivity index (χ1n) is 10.0. The topological polar surface area (TPSA) is 54.0 Å². The van der Waals surface area contributed by atoms with Gasteiger partial charge in [-0.2, -0.15) is 0 Å². The number of nitrogens with zero attached hydrogens (tertiary/aromatic N) is 2. The van der Waals surface area contributed by atoms with E-state index >= 15 is 0 Å². The quantitative estimate of drug-likeness (QED) is 0.810. The first-order valence-corrected chi connectivity index (χ1v) is 10.0. The fraction of sp³-hybridized carbons (Fsp3) is 0.409. The summed E-state index contributed by atoms with van der Waals surface area (Å²) in [4.78, 5) is 16.5. The van der Waals surface area contributed by atoms with E-state index in [2.05, 4.69) is 15.1 Å². The van der Waals surface area contributed by atoms with E-state index in [4.69, 9.17) is 9.47 Å². The second-order valence-corrected chi connectivity index (χ2v) is 7.29. The Morgan fingerprint density at radius 1 is 1.07 bits per heavy atom. The number of carbonyl (C=O) groups is 1. The number of piperazine rings is 1. The van der Waals surface area contributed by atoms with E-state index in [1.807, 2.05) is 37.3 Å². The minimum absolute atomic E-state index is 0.0423. The molecule has 1 N–H and O–H groups in total. The van der Waals surface area contributed by atoms with Gasteiger partial charge in [0.2, 0.25) is 12.7 Å². The number of nitrogens with one attached hydrogen (secondary N) is 1. The van der Waals surface area contributed by atoms with Crippen LogP contribution in [0.25, 0.3) is 0 Å². The number of amides is 1. The van der Waals surface area contributed by atoms with Gasteiger partial charge in [-0.05, 0) is 42.0 Å². The molecule has 2 aromatic rings. The first kappa shape index (κ1) is 19.5. The van der Waals surface area contributed by atoms with Crippen LogP contribution in [-0.4, -0.2) is 50.3 Å². The van der Waals surface area contributed by atoms with Crippen LogP contribution in [0, 0.1) is 5.82 Å². The highest BCUT2D eigenvalue weighted by molar-refractivity contribution is 5.75. The number of halogens is 1. The predicted octanol–water partition coefficient (Wildman–Crippen LogP) is 2.94. The first-order chi connectivity index (χ1) is 14.1. The Hall–Kier alpha value is -2.80. The standard InChI is InChI=1S/C22H26FN3O3/c1-2-22(27)24-14-19(16-3-8-20-21(13-16)29-15-28-20)26-11-9-25(10-12-26)18-6-4-17(23)5-7-18/h3-8,13,19H,2,9-12,14-15H2,1H3,(H,24,27)/t19-/m1/s1. The lowest BCUT2D eigenvalue weighted by molar-refractivity contribution is -0.121. The van der Waals surface area contributed by atoms with Crippen LogP contribution in [0.3, 0.4) is 0 Å². The molecule has 2 aliphatic rings. The summed E-state index contributed by atoms with van der Waals surface area (Å²) >= 11 is 0. The Balaban J connectivity index is 1.48. The zero-order valence-electron chi connectivity index (χ0n) is 16.6. The lowest BCUT2D eigenvalue weighted by Gasteiger charge is -2.40. The highest BCUT2D eigenvalue weighted by atomic mass is 19.1. The summed E-state index contributed by atoms with van der Waals surface area (Å²) in [6.45, 7) is 6.02. The summed E-state index contributed by atoms with van der Waals surface area (Å²) in [5, 5.41) is 3.04. The number of benzene rings is 2. The van der Waals surface area contributed by atoms with Gasteiger partial charge in [-0.3, -0.25) is 9.69 Å². The lowest BCUT2D eigenvalue weighted by atomic mass is 10.0. The highest BCUT2D eigenvalue weighted by Crippen LogP contribution is 2.35. The fourth-order valence-electron chi connectivity index (χ4n) is 3.86. The van der Waals surface area contributed by atoms with E-state index in [-0.39, 0.29) is 24.6 Å². The maximum atomic E-state index is 13.2. The van der Waals surface area contributed by atoms with E-state index in [9.17, 15) is 9.18 Å². The second kappa shape index (κ2) is 8.69. The molecule has 1 saturated heterocycles. The van der Waals surface area contributed by atoms with E-state index in [0.717, 1.165) is 48.9 Å². The van der Waals surface area contributed by atoms with Gasteiger partial charge in [-0.1, -0.05) is 13.0 Å². The SMILES string of the molecule is CCC(=O)NC[C@H](c1ccc2c(c1)OCO2)N1CCN(c2ccc(F)cc2)CC1. The Morgan fingerprint density at radius 3 is 2.52 bits per heavy atom. The second-order valence-electron chi connectivity index (χ2n) is 7.29. The number of carbonyl (C=O) groups excluding carboxylic acids is 1. The van der Waals surface area contributed by atoms with Crippen LogP contribution in [-0.2, 0) is 4.79 Å². The third-order valence-corrected chi connectivity index (χ3v) is 5.54. The molecule has 0 radical (unpaired) electrons. The molecule has 2 aromatic carbocycles. The maximum Gasteiger partial charge on any atom is 0.231 e. The number of hydrogen-bond donors (Lipinski definition) is 1. The Bertz CT molecular complexity index is 851. The van der Waals surface area contributed by atoms with Gasteiger partial charge in [-0.15, -0.1) is 0 Å². The average Bonchev–Trinajstić information content (AvgIpc) is 3.23. The van der Waals surface area contributed by atoms with Crippen molar-refractivity contribution in [3.63, 3.8) is 0 Å². The van der Waals surface area contributed by atoms with Gasteiger partial charge >= 0.3 is 0 Å².